The SMILES string of the molecule is O=[N+]([O-])c1c(N2CCCC2)ncnc1N1CCC(Cc2ccccc2)CC1. The highest BCUT2D eigenvalue weighted by Crippen LogP contribution is 2.37. The first-order valence-electron chi connectivity index (χ1n) is 9.75. The Kier molecular flexibility index (Phi) is 5.18. The van der Waals surface area contributed by atoms with Gasteiger partial charge in [0.15, 0.2) is 0 Å². The van der Waals surface area contributed by atoms with Crippen molar-refractivity contribution in [3.63, 3.8) is 0 Å². The molecule has 0 spiro atoms. The van der Waals surface area contributed by atoms with Crippen molar-refractivity contribution in [3.05, 3.63) is 52.3 Å². The van der Waals surface area contributed by atoms with Crippen LogP contribution in [0.3, 0.4) is 0 Å². The molecule has 4 rings (SSSR count). The minimum atomic E-state index is -0.307. The average molecular weight is 367 g/mol. The Morgan fingerprint density at radius 1 is 0.963 bits per heavy atom. The van der Waals surface area contributed by atoms with Crippen molar-refractivity contribution in [2.24, 2.45) is 5.92 Å². The van der Waals surface area contributed by atoms with Gasteiger partial charge in [-0.2, -0.15) is 0 Å². The fourth-order valence-corrected chi connectivity index (χ4v) is 4.21. The van der Waals surface area contributed by atoms with Gasteiger partial charge in [0.25, 0.3) is 0 Å². The predicted octanol–water partition coefficient (Wildman–Crippen LogP) is 3.44. The van der Waals surface area contributed by atoms with Gasteiger partial charge in [0, 0.05) is 26.2 Å². The number of anilines is 2. The quantitative estimate of drug-likeness (QED) is 0.595. The normalized spacial score (nSPS) is 18.1. The zero-order valence-electron chi connectivity index (χ0n) is 15.5. The molecular weight excluding hydrogens is 342 g/mol. The van der Waals surface area contributed by atoms with Gasteiger partial charge in [-0.1, -0.05) is 30.3 Å². The lowest BCUT2D eigenvalue weighted by Crippen LogP contribution is -2.35. The minimum absolute atomic E-state index is 0.0703. The number of nitrogens with zero attached hydrogens (tertiary/aromatic N) is 5. The third-order valence-electron chi connectivity index (χ3n) is 5.65. The second kappa shape index (κ2) is 7.90. The molecule has 27 heavy (non-hydrogen) atoms. The number of piperidine rings is 1. The lowest BCUT2D eigenvalue weighted by molar-refractivity contribution is -0.383. The third kappa shape index (κ3) is 3.86. The van der Waals surface area contributed by atoms with E-state index in [1.165, 1.54) is 11.9 Å². The Hall–Kier alpha value is -2.70. The molecular formula is C20H25N5O2. The summed E-state index contributed by atoms with van der Waals surface area (Å²) in [4.78, 5) is 24.2. The highest BCUT2D eigenvalue weighted by Gasteiger charge is 2.32. The Morgan fingerprint density at radius 2 is 1.56 bits per heavy atom. The number of hydrogen-bond donors (Lipinski definition) is 0. The van der Waals surface area contributed by atoms with Gasteiger partial charge in [0.1, 0.15) is 6.33 Å². The molecule has 2 saturated heterocycles. The van der Waals surface area contributed by atoms with Crippen LogP contribution >= 0.6 is 0 Å². The molecule has 2 aliphatic rings. The van der Waals surface area contributed by atoms with Crippen molar-refractivity contribution in [1.29, 1.82) is 0 Å². The van der Waals surface area contributed by atoms with Crippen molar-refractivity contribution >= 4 is 17.3 Å². The first-order chi connectivity index (χ1) is 13.2. The van der Waals surface area contributed by atoms with Gasteiger partial charge < -0.3 is 9.80 Å². The molecule has 3 heterocycles. The van der Waals surface area contributed by atoms with E-state index in [-0.39, 0.29) is 10.6 Å². The lowest BCUT2D eigenvalue weighted by Gasteiger charge is -2.33. The molecule has 2 fully saturated rings. The molecule has 0 bridgehead atoms. The van der Waals surface area contributed by atoms with Crippen LogP contribution < -0.4 is 9.80 Å². The zero-order valence-corrected chi connectivity index (χ0v) is 15.5. The first kappa shape index (κ1) is 17.7. The molecule has 0 amide bonds. The van der Waals surface area contributed by atoms with Gasteiger partial charge in [0.2, 0.25) is 11.6 Å². The maximum Gasteiger partial charge on any atom is 0.353 e. The molecule has 2 aliphatic heterocycles. The van der Waals surface area contributed by atoms with Crippen LogP contribution in [0, 0.1) is 16.0 Å². The van der Waals surface area contributed by atoms with Gasteiger partial charge in [-0.3, -0.25) is 10.1 Å². The second-order valence-electron chi connectivity index (χ2n) is 7.44. The minimum Gasteiger partial charge on any atom is -0.351 e. The highest BCUT2D eigenvalue weighted by atomic mass is 16.6. The smallest absolute Gasteiger partial charge is 0.351 e. The number of rotatable bonds is 5. The summed E-state index contributed by atoms with van der Waals surface area (Å²) in [5.41, 5.74) is 1.43. The summed E-state index contributed by atoms with van der Waals surface area (Å²) in [5.74, 6) is 1.58. The topological polar surface area (TPSA) is 75.4 Å². The summed E-state index contributed by atoms with van der Waals surface area (Å²) in [7, 11) is 0. The van der Waals surface area contributed by atoms with E-state index in [0.29, 0.717) is 17.6 Å². The first-order valence-corrected chi connectivity index (χ1v) is 9.75. The number of hydrogen-bond acceptors (Lipinski definition) is 6. The van der Waals surface area contributed by atoms with E-state index in [1.54, 1.807) is 0 Å². The molecule has 142 valence electrons. The molecule has 0 atom stereocenters. The van der Waals surface area contributed by atoms with Gasteiger partial charge in [-0.15, -0.1) is 0 Å². The molecule has 0 radical (unpaired) electrons. The predicted molar refractivity (Wildman–Crippen MR) is 105 cm³/mol. The summed E-state index contributed by atoms with van der Waals surface area (Å²) in [5, 5.41) is 11.8. The lowest BCUT2D eigenvalue weighted by atomic mass is 9.90. The van der Waals surface area contributed by atoms with E-state index < -0.39 is 0 Å². The Balaban J connectivity index is 1.49. The van der Waals surface area contributed by atoms with E-state index in [9.17, 15) is 10.1 Å². The molecule has 7 nitrogen and oxygen atoms in total. The largest absolute Gasteiger partial charge is 0.353 e. The van der Waals surface area contributed by atoms with Crippen LogP contribution in [0.2, 0.25) is 0 Å². The van der Waals surface area contributed by atoms with Gasteiger partial charge >= 0.3 is 5.69 Å². The molecule has 7 heteroatoms. The van der Waals surface area contributed by atoms with Crippen molar-refractivity contribution in [1.82, 2.24) is 9.97 Å². The third-order valence-corrected chi connectivity index (χ3v) is 5.65. The van der Waals surface area contributed by atoms with Crippen LogP contribution in [0.5, 0.6) is 0 Å². The van der Waals surface area contributed by atoms with E-state index in [1.807, 2.05) is 11.0 Å². The second-order valence-corrected chi connectivity index (χ2v) is 7.44. The zero-order chi connectivity index (χ0) is 18.6. The fourth-order valence-electron chi connectivity index (χ4n) is 4.21. The van der Waals surface area contributed by atoms with Crippen LogP contribution in [0.25, 0.3) is 0 Å². The highest BCUT2D eigenvalue weighted by molar-refractivity contribution is 5.71. The molecule has 0 aliphatic carbocycles. The van der Waals surface area contributed by atoms with E-state index in [2.05, 4.69) is 39.1 Å². The monoisotopic (exact) mass is 367 g/mol. The molecule has 1 aromatic carbocycles. The standard InChI is InChI=1S/C20H25N5O2/c26-25(27)18-19(23-10-4-5-11-23)21-15-22-20(18)24-12-8-17(9-13-24)14-16-6-2-1-3-7-16/h1-3,6-7,15,17H,4-5,8-14H2. The molecule has 2 aromatic rings. The van der Waals surface area contributed by atoms with Crippen LogP contribution in [0.4, 0.5) is 17.3 Å². The maximum atomic E-state index is 11.8. The molecule has 0 unspecified atom stereocenters. The summed E-state index contributed by atoms with van der Waals surface area (Å²) in [6.07, 6.45) is 6.71. The average Bonchev–Trinajstić information content (AvgIpc) is 3.23. The van der Waals surface area contributed by atoms with Gasteiger partial charge in [0.05, 0.1) is 4.92 Å². The summed E-state index contributed by atoms with van der Waals surface area (Å²) < 4.78 is 0. The van der Waals surface area contributed by atoms with Crippen molar-refractivity contribution in [2.45, 2.75) is 32.1 Å². The van der Waals surface area contributed by atoms with E-state index in [0.717, 1.165) is 58.3 Å². The molecule has 1 aromatic heterocycles. The summed E-state index contributed by atoms with van der Waals surface area (Å²) in [6.45, 7) is 3.26. The van der Waals surface area contributed by atoms with Crippen LogP contribution in [0.1, 0.15) is 31.2 Å². The van der Waals surface area contributed by atoms with Crippen molar-refractivity contribution in [2.75, 3.05) is 36.0 Å². The van der Waals surface area contributed by atoms with Crippen molar-refractivity contribution < 1.29 is 4.92 Å². The Morgan fingerprint density at radius 3 is 2.15 bits per heavy atom. The fraction of sp³-hybridized carbons (Fsp3) is 0.500. The Labute approximate surface area is 159 Å². The Bertz CT molecular complexity index is 784. The number of aromatic nitrogens is 2. The summed E-state index contributed by atoms with van der Waals surface area (Å²) in [6, 6.07) is 10.5. The number of nitro groups is 1. The molecule has 0 N–H and O–H groups in total. The van der Waals surface area contributed by atoms with Crippen LogP contribution in [-0.2, 0) is 6.42 Å². The maximum absolute atomic E-state index is 11.8. The molecule has 0 saturated carbocycles. The van der Waals surface area contributed by atoms with Crippen LogP contribution in [0.15, 0.2) is 36.7 Å². The van der Waals surface area contributed by atoms with Crippen molar-refractivity contribution in [3.8, 4) is 0 Å². The number of benzene rings is 1. The van der Waals surface area contributed by atoms with Crippen LogP contribution in [-0.4, -0.2) is 41.1 Å². The van der Waals surface area contributed by atoms with E-state index >= 15 is 0 Å². The van der Waals surface area contributed by atoms with Gasteiger partial charge in [-0.05, 0) is 43.6 Å². The van der Waals surface area contributed by atoms with E-state index in [4.69, 9.17) is 0 Å². The van der Waals surface area contributed by atoms with Gasteiger partial charge in [-0.25, -0.2) is 9.97 Å². The summed E-state index contributed by atoms with van der Waals surface area (Å²) >= 11 is 0.